The van der Waals surface area contributed by atoms with Crippen LogP contribution >= 0.6 is 11.3 Å². The zero-order valence-electron chi connectivity index (χ0n) is 15.5. The monoisotopic (exact) mass is 395 g/mol. The largest absolute Gasteiger partial charge is 0.373 e. The summed E-state index contributed by atoms with van der Waals surface area (Å²) in [6.07, 6.45) is 6.46. The zero-order chi connectivity index (χ0) is 19.2. The van der Waals surface area contributed by atoms with Gasteiger partial charge >= 0.3 is 0 Å². The third kappa shape index (κ3) is 4.82. The molecule has 0 amide bonds. The van der Waals surface area contributed by atoms with Crippen molar-refractivity contribution in [1.82, 2.24) is 4.98 Å². The second kappa shape index (κ2) is 9.08. The number of hydrogen-bond donors (Lipinski definition) is 1. The van der Waals surface area contributed by atoms with Crippen LogP contribution in [-0.2, 0) is 11.3 Å². The van der Waals surface area contributed by atoms with Gasteiger partial charge in [-0.3, -0.25) is 5.43 Å². The molecule has 0 atom stereocenters. The highest BCUT2D eigenvalue weighted by Crippen LogP contribution is 2.25. The number of hydrazone groups is 1. The van der Waals surface area contributed by atoms with Crippen LogP contribution in [0.15, 0.2) is 59.0 Å². The number of halogens is 1. The van der Waals surface area contributed by atoms with Crippen molar-refractivity contribution in [2.45, 2.75) is 38.4 Å². The summed E-state index contributed by atoms with van der Waals surface area (Å²) in [6, 6.07) is 15.1. The van der Waals surface area contributed by atoms with Crippen LogP contribution < -0.4 is 5.43 Å². The SMILES string of the molecule is Fc1cc(C=NNc2nc(-c3ccccc3)cs2)ccc1COC1CCCC1. The van der Waals surface area contributed by atoms with E-state index < -0.39 is 0 Å². The van der Waals surface area contributed by atoms with Crippen molar-refractivity contribution in [3.63, 3.8) is 0 Å². The van der Waals surface area contributed by atoms with Crippen molar-refractivity contribution in [3.05, 3.63) is 70.9 Å². The summed E-state index contributed by atoms with van der Waals surface area (Å²) in [5.74, 6) is -0.262. The average molecular weight is 396 g/mol. The summed E-state index contributed by atoms with van der Waals surface area (Å²) >= 11 is 1.48. The van der Waals surface area contributed by atoms with Crippen LogP contribution in [0.2, 0.25) is 0 Å². The Morgan fingerprint density at radius 1 is 1.18 bits per heavy atom. The summed E-state index contributed by atoms with van der Waals surface area (Å²) in [5.41, 5.74) is 6.15. The molecule has 1 aliphatic carbocycles. The van der Waals surface area contributed by atoms with E-state index in [4.69, 9.17) is 4.74 Å². The molecule has 28 heavy (non-hydrogen) atoms. The molecule has 1 aromatic heterocycles. The van der Waals surface area contributed by atoms with Crippen molar-refractivity contribution >= 4 is 22.7 Å². The van der Waals surface area contributed by atoms with E-state index in [0.29, 0.717) is 22.9 Å². The first-order valence-electron chi connectivity index (χ1n) is 9.48. The van der Waals surface area contributed by atoms with E-state index in [9.17, 15) is 4.39 Å². The second-order valence-electron chi connectivity index (χ2n) is 6.84. The number of nitrogens with zero attached hydrogens (tertiary/aromatic N) is 2. The topological polar surface area (TPSA) is 46.5 Å². The third-order valence-electron chi connectivity index (χ3n) is 4.80. The van der Waals surface area contributed by atoms with Crippen LogP contribution in [0, 0.1) is 5.82 Å². The van der Waals surface area contributed by atoms with Crippen molar-refractivity contribution in [2.75, 3.05) is 5.43 Å². The fourth-order valence-electron chi connectivity index (χ4n) is 3.25. The summed E-state index contributed by atoms with van der Waals surface area (Å²) < 4.78 is 20.1. The van der Waals surface area contributed by atoms with Gasteiger partial charge < -0.3 is 4.74 Å². The lowest BCUT2D eigenvalue weighted by Gasteiger charge is -2.11. The molecule has 1 aliphatic rings. The molecule has 0 aliphatic heterocycles. The zero-order valence-corrected chi connectivity index (χ0v) is 16.3. The maximum absolute atomic E-state index is 14.3. The Labute approximate surface area is 168 Å². The molecule has 1 saturated carbocycles. The van der Waals surface area contributed by atoms with E-state index in [2.05, 4.69) is 15.5 Å². The highest BCUT2D eigenvalue weighted by molar-refractivity contribution is 7.14. The lowest BCUT2D eigenvalue weighted by molar-refractivity contribution is 0.0441. The first-order chi connectivity index (χ1) is 13.8. The molecule has 0 saturated heterocycles. The number of hydrogen-bond acceptors (Lipinski definition) is 5. The highest BCUT2D eigenvalue weighted by Gasteiger charge is 2.16. The lowest BCUT2D eigenvalue weighted by Crippen LogP contribution is -2.08. The molecular weight excluding hydrogens is 373 g/mol. The molecule has 0 spiro atoms. The van der Waals surface area contributed by atoms with Crippen LogP contribution in [-0.4, -0.2) is 17.3 Å². The Hall–Kier alpha value is -2.57. The van der Waals surface area contributed by atoms with Gasteiger partial charge in [0.25, 0.3) is 0 Å². The first-order valence-corrected chi connectivity index (χ1v) is 10.4. The molecule has 1 heterocycles. The van der Waals surface area contributed by atoms with Gasteiger partial charge in [-0.25, -0.2) is 9.37 Å². The summed E-state index contributed by atoms with van der Waals surface area (Å²) in [4.78, 5) is 4.51. The van der Waals surface area contributed by atoms with E-state index in [-0.39, 0.29) is 11.9 Å². The Kier molecular flexibility index (Phi) is 6.09. The number of aromatic nitrogens is 1. The van der Waals surface area contributed by atoms with E-state index in [1.54, 1.807) is 12.3 Å². The number of thiazole rings is 1. The molecule has 2 aromatic carbocycles. The Bertz CT molecular complexity index is 936. The molecule has 0 unspecified atom stereocenters. The minimum Gasteiger partial charge on any atom is -0.373 e. The normalized spacial score (nSPS) is 14.8. The fraction of sp³-hybridized carbons (Fsp3) is 0.273. The molecule has 3 aromatic rings. The number of anilines is 1. The van der Waals surface area contributed by atoms with Gasteiger partial charge in [0.05, 0.1) is 24.6 Å². The number of rotatable bonds is 7. The summed E-state index contributed by atoms with van der Waals surface area (Å²) in [7, 11) is 0. The van der Waals surface area contributed by atoms with Crippen molar-refractivity contribution in [3.8, 4) is 11.3 Å². The van der Waals surface area contributed by atoms with Crippen LogP contribution in [0.5, 0.6) is 0 Å². The van der Waals surface area contributed by atoms with Gasteiger partial charge in [0.15, 0.2) is 0 Å². The van der Waals surface area contributed by atoms with Crippen molar-refractivity contribution < 1.29 is 9.13 Å². The van der Waals surface area contributed by atoms with Gasteiger partial charge in [-0.2, -0.15) is 5.10 Å². The van der Waals surface area contributed by atoms with Gasteiger partial charge in [-0.1, -0.05) is 55.3 Å². The fourth-order valence-corrected chi connectivity index (χ4v) is 3.92. The molecule has 1 fully saturated rings. The maximum atomic E-state index is 14.3. The number of nitrogens with one attached hydrogen (secondary N) is 1. The van der Waals surface area contributed by atoms with E-state index >= 15 is 0 Å². The van der Waals surface area contributed by atoms with E-state index in [1.807, 2.05) is 41.8 Å². The first kappa shape index (κ1) is 18.8. The van der Waals surface area contributed by atoms with E-state index in [1.165, 1.54) is 30.2 Å². The molecule has 0 radical (unpaired) electrons. The smallest absolute Gasteiger partial charge is 0.203 e. The van der Waals surface area contributed by atoms with Crippen LogP contribution in [0.4, 0.5) is 9.52 Å². The lowest BCUT2D eigenvalue weighted by atomic mass is 10.1. The molecule has 4 nitrogen and oxygen atoms in total. The van der Waals surface area contributed by atoms with Gasteiger partial charge in [0.1, 0.15) is 5.82 Å². The standard InChI is InChI=1S/C22H22FN3OS/c23-20-12-16(10-11-18(20)14-27-19-8-4-5-9-19)13-24-26-22-25-21(15-28-22)17-6-2-1-3-7-17/h1-3,6-7,10-13,15,19H,4-5,8-9,14H2,(H,25,26). The predicted molar refractivity (Wildman–Crippen MR) is 112 cm³/mol. The maximum Gasteiger partial charge on any atom is 0.203 e. The van der Waals surface area contributed by atoms with Crippen LogP contribution in [0.25, 0.3) is 11.3 Å². The molecule has 6 heteroatoms. The Morgan fingerprint density at radius 3 is 2.79 bits per heavy atom. The molecular formula is C22H22FN3OS. The predicted octanol–water partition coefficient (Wildman–Crippen LogP) is 5.85. The summed E-state index contributed by atoms with van der Waals surface area (Å²) in [5, 5.41) is 6.84. The van der Waals surface area contributed by atoms with Crippen molar-refractivity contribution in [1.29, 1.82) is 0 Å². The van der Waals surface area contributed by atoms with Gasteiger partial charge in [0.2, 0.25) is 5.13 Å². The van der Waals surface area contributed by atoms with Gasteiger partial charge in [-0.05, 0) is 24.5 Å². The quantitative estimate of drug-likeness (QED) is 0.403. The molecule has 4 rings (SSSR count). The van der Waals surface area contributed by atoms with Crippen molar-refractivity contribution in [2.24, 2.45) is 5.10 Å². The highest BCUT2D eigenvalue weighted by atomic mass is 32.1. The van der Waals surface area contributed by atoms with Gasteiger partial charge in [-0.15, -0.1) is 11.3 Å². The minimum atomic E-state index is -0.262. The molecule has 144 valence electrons. The van der Waals surface area contributed by atoms with Crippen LogP contribution in [0.1, 0.15) is 36.8 Å². The molecule has 0 bridgehead atoms. The number of ether oxygens (including phenoxy) is 1. The van der Waals surface area contributed by atoms with Gasteiger partial charge in [0, 0.05) is 16.5 Å². The van der Waals surface area contributed by atoms with Crippen LogP contribution in [0.3, 0.4) is 0 Å². The second-order valence-corrected chi connectivity index (χ2v) is 7.70. The van der Waals surface area contributed by atoms with E-state index in [0.717, 1.165) is 24.1 Å². The number of benzene rings is 2. The minimum absolute atomic E-state index is 0.262. The molecule has 1 N–H and O–H groups in total. The Balaban J connectivity index is 1.33. The Morgan fingerprint density at radius 2 is 2.00 bits per heavy atom. The third-order valence-corrected chi connectivity index (χ3v) is 5.55. The summed E-state index contributed by atoms with van der Waals surface area (Å²) in [6.45, 7) is 0.327. The average Bonchev–Trinajstić information content (AvgIpc) is 3.40.